The van der Waals surface area contributed by atoms with Crippen molar-refractivity contribution in [3.8, 4) is 11.5 Å². The average molecular weight is 365 g/mol. The van der Waals surface area contributed by atoms with Crippen LogP contribution in [0.25, 0.3) is 11.0 Å². The molecule has 3 rings (SSSR count). The van der Waals surface area contributed by atoms with Crippen molar-refractivity contribution in [3.63, 3.8) is 0 Å². The van der Waals surface area contributed by atoms with Gasteiger partial charge in [0.25, 0.3) is 5.91 Å². The van der Waals surface area contributed by atoms with E-state index in [1.807, 2.05) is 38.1 Å². The number of carbonyl (C=O) groups is 1. The molecule has 0 spiro atoms. The Labute approximate surface area is 158 Å². The molecular formula is C21H23N3O3. The van der Waals surface area contributed by atoms with Gasteiger partial charge in [0.2, 0.25) is 0 Å². The smallest absolute Gasteiger partial charge is 0.253 e. The minimum Gasteiger partial charge on any atom is -0.497 e. The topological polar surface area (TPSA) is 64.5 Å². The van der Waals surface area contributed by atoms with Crippen molar-refractivity contribution in [1.29, 1.82) is 0 Å². The Bertz CT molecular complexity index is 1000. The van der Waals surface area contributed by atoms with Gasteiger partial charge < -0.3 is 14.4 Å². The molecule has 6 nitrogen and oxygen atoms in total. The number of fused-ring (bicyclic) bond motifs is 1. The number of aryl methyl sites for hydroxylation is 2. The fourth-order valence-electron chi connectivity index (χ4n) is 2.89. The summed E-state index contributed by atoms with van der Waals surface area (Å²) >= 11 is 0. The molecule has 0 saturated heterocycles. The van der Waals surface area contributed by atoms with E-state index in [0.717, 1.165) is 28.0 Å². The maximum atomic E-state index is 12.9. The highest BCUT2D eigenvalue weighted by atomic mass is 16.5. The zero-order chi connectivity index (χ0) is 19.6. The van der Waals surface area contributed by atoms with Crippen LogP contribution in [0.1, 0.15) is 27.3 Å². The maximum Gasteiger partial charge on any atom is 0.253 e. The minimum absolute atomic E-state index is 0.0881. The van der Waals surface area contributed by atoms with Gasteiger partial charge in [0.1, 0.15) is 11.5 Å². The Hall–Kier alpha value is -3.15. The van der Waals surface area contributed by atoms with Crippen molar-refractivity contribution in [1.82, 2.24) is 14.9 Å². The first kappa shape index (κ1) is 18.6. The van der Waals surface area contributed by atoms with Gasteiger partial charge in [-0.1, -0.05) is 0 Å². The molecule has 1 heterocycles. The molecule has 0 N–H and O–H groups in total. The molecule has 0 unspecified atom stereocenters. The van der Waals surface area contributed by atoms with Gasteiger partial charge in [-0.15, -0.1) is 0 Å². The monoisotopic (exact) mass is 365 g/mol. The van der Waals surface area contributed by atoms with Gasteiger partial charge >= 0.3 is 0 Å². The highest BCUT2D eigenvalue weighted by molar-refractivity contribution is 5.97. The number of hydrogen-bond acceptors (Lipinski definition) is 5. The quantitative estimate of drug-likeness (QED) is 0.692. The molecule has 140 valence electrons. The summed E-state index contributed by atoms with van der Waals surface area (Å²) in [5.74, 6) is 1.31. The normalized spacial score (nSPS) is 10.7. The average Bonchev–Trinajstić information content (AvgIpc) is 2.68. The number of carbonyl (C=O) groups excluding carboxylic acids is 1. The van der Waals surface area contributed by atoms with E-state index in [1.54, 1.807) is 38.3 Å². The fraction of sp³-hybridized carbons (Fsp3) is 0.286. The van der Waals surface area contributed by atoms with Crippen LogP contribution in [0.15, 0.2) is 36.4 Å². The van der Waals surface area contributed by atoms with Gasteiger partial charge in [-0.2, -0.15) is 0 Å². The second-order valence-corrected chi connectivity index (χ2v) is 6.44. The molecule has 6 heteroatoms. The van der Waals surface area contributed by atoms with Crippen LogP contribution in [0, 0.1) is 13.8 Å². The first-order valence-electron chi connectivity index (χ1n) is 8.64. The molecular weight excluding hydrogens is 342 g/mol. The van der Waals surface area contributed by atoms with Crippen molar-refractivity contribution in [3.05, 3.63) is 58.9 Å². The van der Waals surface area contributed by atoms with Gasteiger partial charge in [-0.25, -0.2) is 9.97 Å². The van der Waals surface area contributed by atoms with Crippen LogP contribution < -0.4 is 9.47 Å². The zero-order valence-electron chi connectivity index (χ0n) is 16.2. The number of methoxy groups -OCH3 is 2. The zero-order valence-corrected chi connectivity index (χ0v) is 16.2. The van der Waals surface area contributed by atoms with E-state index in [1.165, 1.54) is 0 Å². The van der Waals surface area contributed by atoms with Crippen molar-refractivity contribution in [2.24, 2.45) is 0 Å². The van der Waals surface area contributed by atoms with Crippen LogP contribution in [-0.4, -0.2) is 42.0 Å². The predicted molar refractivity (Wildman–Crippen MR) is 104 cm³/mol. The number of ether oxygens (including phenoxy) is 2. The summed E-state index contributed by atoms with van der Waals surface area (Å²) < 4.78 is 10.6. The van der Waals surface area contributed by atoms with Gasteiger partial charge in [0.05, 0.1) is 36.6 Å². The van der Waals surface area contributed by atoms with E-state index in [2.05, 4.69) is 9.97 Å². The summed E-state index contributed by atoms with van der Waals surface area (Å²) in [4.78, 5) is 23.6. The predicted octanol–water partition coefficient (Wildman–Crippen LogP) is 3.54. The van der Waals surface area contributed by atoms with Gasteiger partial charge in [0.15, 0.2) is 0 Å². The van der Waals surface area contributed by atoms with E-state index in [0.29, 0.717) is 23.6 Å². The molecule has 27 heavy (non-hydrogen) atoms. The van der Waals surface area contributed by atoms with Crippen molar-refractivity contribution in [2.45, 2.75) is 20.4 Å². The molecule has 0 aliphatic heterocycles. The van der Waals surface area contributed by atoms with Gasteiger partial charge in [0, 0.05) is 30.8 Å². The molecule has 0 aliphatic rings. The molecule has 0 fully saturated rings. The van der Waals surface area contributed by atoms with E-state index >= 15 is 0 Å². The van der Waals surface area contributed by atoms with Crippen LogP contribution in [0.5, 0.6) is 11.5 Å². The Morgan fingerprint density at radius 1 is 0.963 bits per heavy atom. The Morgan fingerprint density at radius 2 is 1.67 bits per heavy atom. The summed E-state index contributed by atoms with van der Waals surface area (Å²) in [6, 6.07) is 11.0. The second-order valence-electron chi connectivity index (χ2n) is 6.44. The highest BCUT2D eigenvalue weighted by Crippen LogP contribution is 2.26. The Morgan fingerprint density at radius 3 is 2.33 bits per heavy atom. The van der Waals surface area contributed by atoms with Crippen molar-refractivity contribution < 1.29 is 14.3 Å². The number of hydrogen-bond donors (Lipinski definition) is 0. The van der Waals surface area contributed by atoms with E-state index < -0.39 is 0 Å². The summed E-state index contributed by atoms with van der Waals surface area (Å²) in [5.41, 5.74) is 4.75. The second kappa shape index (κ2) is 7.61. The lowest BCUT2D eigenvalue weighted by Gasteiger charge is -2.19. The molecule has 3 aromatic rings. The lowest BCUT2D eigenvalue weighted by molar-refractivity contribution is 0.0784. The van der Waals surface area contributed by atoms with E-state index in [4.69, 9.17) is 9.47 Å². The number of nitrogens with zero attached hydrogens (tertiary/aromatic N) is 3. The van der Waals surface area contributed by atoms with E-state index in [-0.39, 0.29) is 5.91 Å². The van der Waals surface area contributed by atoms with Crippen LogP contribution in [-0.2, 0) is 6.54 Å². The summed E-state index contributed by atoms with van der Waals surface area (Å²) in [6.07, 6.45) is 0. The third-order valence-electron chi connectivity index (χ3n) is 4.57. The van der Waals surface area contributed by atoms with Crippen LogP contribution >= 0.6 is 0 Å². The lowest BCUT2D eigenvalue weighted by atomic mass is 10.1. The molecule has 1 aromatic heterocycles. The number of aromatic nitrogens is 2. The third kappa shape index (κ3) is 3.84. The number of rotatable bonds is 5. The fourth-order valence-corrected chi connectivity index (χ4v) is 2.89. The molecule has 0 aliphatic carbocycles. The molecule has 0 radical (unpaired) electrons. The van der Waals surface area contributed by atoms with Gasteiger partial charge in [-0.3, -0.25) is 4.79 Å². The summed E-state index contributed by atoms with van der Waals surface area (Å²) in [7, 11) is 4.98. The SMILES string of the molecule is COc1ccc(CN(C)C(=O)c2ccc3nc(C)c(C)nc3c2)c(OC)c1. The van der Waals surface area contributed by atoms with Crippen molar-refractivity contribution >= 4 is 16.9 Å². The number of benzene rings is 2. The molecule has 2 aromatic carbocycles. The largest absolute Gasteiger partial charge is 0.497 e. The lowest BCUT2D eigenvalue weighted by Crippen LogP contribution is -2.26. The Kier molecular flexibility index (Phi) is 5.26. The molecule has 1 amide bonds. The first-order chi connectivity index (χ1) is 12.9. The number of amides is 1. The van der Waals surface area contributed by atoms with Crippen LogP contribution in [0.3, 0.4) is 0 Å². The third-order valence-corrected chi connectivity index (χ3v) is 4.57. The molecule has 0 atom stereocenters. The molecule has 0 bridgehead atoms. The maximum absolute atomic E-state index is 12.9. The van der Waals surface area contributed by atoms with Crippen molar-refractivity contribution in [2.75, 3.05) is 21.3 Å². The highest BCUT2D eigenvalue weighted by Gasteiger charge is 2.16. The van der Waals surface area contributed by atoms with Gasteiger partial charge in [-0.05, 0) is 44.2 Å². The first-order valence-corrected chi connectivity index (χ1v) is 8.64. The van der Waals surface area contributed by atoms with Crippen LogP contribution in [0.4, 0.5) is 0 Å². The molecule has 0 saturated carbocycles. The Balaban J connectivity index is 1.85. The summed E-state index contributed by atoms with van der Waals surface area (Å²) in [6.45, 7) is 4.26. The standard InChI is InChI=1S/C21H23N3O3/c1-13-14(2)23-19-10-15(7-9-18(19)22-13)21(25)24(3)12-16-6-8-17(26-4)11-20(16)27-5/h6-11H,12H2,1-5H3. The van der Waals surface area contributed by atoms with Crippen LogP contribution in [0.2, 0.25) is 0 Å². The van der Waals surface area contributed by atoms with E-state index in [9.17, 15) is 4.79 Å². The summed E-state index contributed by atoms with van der Waals surface area (Å²) in [5, 5.41) is 0. The minimum atomic E-state index is -0.0881.